The van der Waals surface area contributed by atoms with E-state index in [2.05, 4.69) is 15.5 Å². The number of rotatable bonds is 5. The van der Waals surface area contributed by atoms with Crippen LogP contribution in [-0.4, -0.2) is 69.5 Å². The monoisotopic (exact) mass is 522 g/mol. The van der Waals surface area contributed by atoms with Crippen LogP contribution in [0.3, 0.4) is 0 Å². The van der Waals surface area contributed by atoms with Gasteiger partial charge < -0.3 is 14.7 Å². The Balaban J connectivity index is 1.38. The normalized spacial score (nSPS) is 21.4. The number of hydrogen-bond donors (Lipinski definition) is 1. The van der Waals surface area contributed by atoms with E-state index in [4.69, 9.17) is 4.52 Å². The van der Waals surface area contributed by atoms with Crippen molar-refractivity contribution in [2.24, 2.45) is 0 Å². The Kier molecular flexibility index (Phi) is 6.61. The highest BCUT2D eigenvalue weighted by Gasteiger charge is 2.60. The lowest BCUT2D eigenvalue weighted by molar-refractivity contribution is -0.139. The molecule has 1 aromatic carbocycles. The van der Waals surface area contributed by atoms with E-state index in [1.165, 1.54) is 12.3 Å². The lowest BCUT2D eigenvalue weighted by Crippen LogP contribution is -2.60. The zero-order valence-corrected chi connectivity index (χ0v) is 21.3. The van der Waals surface area contributed by atoms with E-state index in [1.54, 1.807) is 17.9 Å². The van der Waals surface area contributed by atoms with Crippen molar-refractivity contribution in [1.82, 2.24) is 25.3 Å². The van der Waals surface area contributed by atoms with Gasteiger partial charge >= 0.3 is 0 Å². The number of carbonyl (C=O) groups is 2. The second kappa shape index (κ2) is 9.76. The van der Waals surface area contributed by atoms with E-state index in [-0.39, 0.29) is 5.56 Å². The number of fused-ring (bicyclic) bond motifs is 1. The molecule has 198 valence electrons. The summed E-state index contributed by atoms with van der Waals surface area (Å²) in [4.78, 5) is 33.4. The standard InChI is InChI=1S/C27H28F2N6O3/c1-17-24(18(2)38-33-17)19-6-7-22-21(12-19)20(8-9-31-22)25(37)32-13-23(36)35-16-26(28,29)14-27(35,15-30)34-10-4-3-5-11-34/h6-9,12H,3-5,10-11,13-14,16H2,1-2H3,(H,32,37). The highest BCUT2D eigenvalue weighted by molar-refractivity contribution is 6.07. The number of aryl methyl sites for hydroxylation is 2. The van der Waals surface area contributed by atoms with Gasteiger partial charge in [-0.25, -0.2) is 8.78 Å². The average Bonchev–Trinajstić information content (AvgIpc) is 3.41. The fourth-order valence-electron chi connectivity index (χ4n) is 5.63. The molecule has 0 aliphatic carbocycles. The number of likely N-dealkylation sites (tertiary alicyclic amines) is 2. The van der Waals surface area contributed by atoms with Crippen LogP contribution in [0.4, 0.5) is 8.78 Å². The third kappa shape index (κ3) is 4.49. The zero-order chi connectivity index (χ0) is 27.1. The second-order valence-corrected chi connectivity index (χ2v) is 9.96. The van der Waals surface area contributed by atoms with Crippen molar-refractivity contribution in [2.75, 3.05) is 26.2 Å². The Hall–Kier alpha value is -3.91. The molecule has 9 nitrogen and oxygen atoms in total. The quantitative estimate of drug-likeness (QED) is 0.542. The third-order valence-corrected chi connectivity index (χ3v) is 7.41. The van der Waals surface area contributed by atoms with Gasteiger partial charge in [0.05, 0.1) is 36.3 Å². The molecule has 4 heterocycles. The van der Waals surface area contributed by atoms with Crippen molar-refractivity contribution < 1.29 is 22.9 Å². The Morgan fingerprint density at radius 3 is 2.63 bits per heavy atom. The third-order valence-electron chi connectivity index (χ3n) is 7.41. The van der Waals surface area contributed by atoms with Crippen LogP contribution in [0.25, 0.3) is 22.0 Å². The zero-order valence-electron chi connectivity index (χ0n) is 21.3. The lowest BCUT2D eigenvalue weighted by atomic mass is 9.99. The van der Waals surface area contributed by atoms with Gasteiger partial charge in [0.25, 0.3) is 11.8 Å². The minimum atomic E-state index is -3.19. The number of alkyl halides is 2. The first-order valence-corrected chi connectivity index (χ1v) is 12.6. The molecule has 0 bridgehead atoms. The Labute approximate surface area is 218 Å². The molecule has 2 fully saturated rings. The number of nitrogens with zero attached hydrogens (tertiary/aromatic N) is 5. The molecule has 1 atom stereocenters. The van der Waals surface area contributed by atoms with Crippen LogP contribution < -0.4 is 5.32 Å². The largest absolute Gasteiger partial charge is 0.361 e. The highest BCUT2D eigenvalue weighted by atomic mass is 19.3. The maximum Gasteiger partial charge on any atom is 0.270 e. The van der Waals surface area contributed by atoms with Crippen LogP contribution in [0.2, 0.25) is 0 Å². The molecule has 2 aliphatic heterocycles. The molecule has 2 amide bonds. The Morgan fingerprint density at radius 1 is 1.18 bits per heavy atom. The summed E-state index contributed by atoms with van der Waals surface area (Å²) in [6.45, 7) is 3.19. The molecule has 11 heteroatoms. The smallest absolute Gasteiger partial charge is 0.270 e. The summed E-state index contributed by atoms with van der Waals surface area (Å²) >= 11 is 0. The van der Waals surface area contributed by atoms with E-state index in [1.807, 2.05) is 25.1 Å². The van der Waals surface area contributed by atoms with Crippen molar-refractivity contribution in [3.63, 3.8) is 0 Å². The van der Waals surface area contributed by atoms with Gasteiger partial charge in [-0.15, -0.1) is 0 Å². The number of benzene rings is 1. The minimum absolute atomic E-state index is 0.283. The number of nitrogens with one attached hydrogen (secondary N) is 1. The molecule has 0 saturated carbocycles. The highest BCUT2D eigenvalue weighted by Crippen LogP contribution is 2.42. The Morgan fingerprint density at radius 2 is 1.95 bits per heavy atom. The minimum Gasteiger partial charge on any atom is -0.361 e. The van der Waals surface area contributed by atoms with Gasteiger partial charge in [0, 0.05) is 30.2 Å². The number of amides is 2. The van der Waals surface area contributed by atoms with Crippen LogP contribution in [0.5, 0.6) is 0 Å². The van der Waals surface area contributed by atoms with Crippen LogP contribution in [-0.2, 0) is 4.79 Å². The maximum absolute atomic E-state index is 14.6. The van der Waals surface area contributed by atoms with Crippen LogP contribution in [0.1, 0.15) is 47.5 Å². The molecular formula is C27H28F2N6O3. The van der Waals surface area contributed by atoms with E-state index in [0.717, 1.165) is 35.3 Å². The topological polar surface area (TPSA) is 115 Å². The maximum atomic E-state index is 14.6. The Bertz CT molecular complexity index is 1420. The molecule has 3 aromatic rings. The van der Waals surface area contributed by atoms with Gasteiger partial charge in [-0.2, -0.15) is 5.26 Å². The summed E-state index contributed by atoms with van der Waals surface area (Å²) in [5, 5.41) is 17.1. The molecule has 1 N–H and O–H groups in total. The number of nitriles is 1. The number of aromatic nitrogens is 2. The molecule has 2 saturated heterocycles. The first-order valence-electron chi connectivity index (χ1n) is 12.6. The average molecular weight is 523 g/mol. The summed E-state index contributed by atoms with van der Waals surface area (Å²) in [6.07, 6.45) is 3.26. The van der Waals surface area contributed by atoms with Crippen LogP contribution >= 0.6 is 0 Å². The SMILES string of the molecule is Cc1noc(C)c1-c1ccc2nccc(C(=O)NCC(=O)N3CC(F)(F)CC3(C#N)N3CCCCC3)c2c1. The van der Waals surface area contributed by atoms with Crippen molar-refractivity contribution in [2.45, 2.75) is 51.1 Å². The van der Waals surface area contributed by atoms with Gasteiger partial charge in [0.2, 0.25) is 5.91 Å². The number of pyridine rings is 1. The van der Waals surface area contributed by atoms with Gasteiger partial charge in [-0.3, -0.25) is 19.5 Å². The molecule has 0 radical (unpaired) electrons. The van der Waals surface area contributed by atoms with E-state index in [0.29, 0.717) is 35.4 Å². The molecular weight excluding hydrogens is 494 g/mol. The van der Waals surface area contributed by atoms with Crippen LogP contribution in [0, 0.1) is 25.2 Å². The van der Waals surface area contributed by atoms with Crippen molar-refractivity contribution >= 4 is 22.7 Å². The summed E-state index contributed by atoms with van der Waals surface area (Å²) in [7, 11) is 0. The fraction of sp³-hybridized carbons (Fsp3) is 0.444. The number of halogens is 2. The summed E-state index contributed by atoms with van der Waals surface area (Å²) in [6, 6.07) is 9.02. The molecule has 5 rings (SSSR count). The van der Waals surface area contributed by atoms with Crippen molar-refractivity contribution in [3.8, 4) is 17.2 Å². The van der Waals surface area contributed by atoms with Gasteiger partial charge in [-0.05, 0) is 50.5 Å². The number of hydrogen-bond acceptors (Lipinski definition) is 7. The predicted molar refractivity (Wildman–Crippen MR) is 134 cm³/mol. The second-order valence-electron chi connectivity index (χ2n) is 9.96. The predicted octanol–water partition coefficient (Wildman–Crippen LogP) is 3.81. The first kappa shape index (κ1) is 25.7. The number of piperidine rings is 1. The molecule has 0 spiro atoms. The van der Waals surface area contributed by atoms with Gasteiger partial charge in [-0.1, -0.05) is 17.6 Å². The first-order chi connectivity index (χ1) is 18.1. The van der Waals surface area contributed by atoms with E-state index >= 15 is 0 Å². The lowest BCUT2D eigenvalue weighted by Gasteiger charge is -2.43. The van der Waals surface area contributed by atoms with Crippen molar-refractivity contribution in [1.29, 1.82) is 5.26 Å². The summed E-state index contributed by atoms with van der Waals surface area (Å²) in [5.74, 6) is -3.83. The summed E-state index contributed by atoms with van der Waals surface area (Å²) in [5.41, 5.74) is 1.46. The van der Waals surface area contributed by atoms with Crippen LogP contribution in [0.15, 0.2) is 35.0 Å². The molecule has 38 heavy (non-hydrogen) atoms. The molecule has 2 aromatic heterocycles. The van der Waals surface area contributed by atoms with E-state index in [9.17, 15) is 23.6 Å². The molecule has 2 aliphatic rings. The molecule has 1 unspecified atom stereocenters. The summed E-state index contributed by atoms with van der Waals surface area (Å²) < 4.78 is 34.4. The van der Waals surface area contributed by atoms with E-state index < -0.39 is 42.9 Å². The van der Waals surface area contributed by atoms with Gasteiger partial charge in [0.1, 0.15) is 11.8 Å². The van der Waals surface area contributed by atoms with Gasteiger partial charge in [0.15, 0.2) is 5.66 Å². The van der Waals surface area contributed by atoms with Crippen molar-refractivity contribution in [3.05, 3.63) is 47.5 Å². The number of carbonyl (C=O) groups excluding carboxylic acids is 2. The fourth-order valence-corrected chi connectivity index (χ4v) is 5.63.